The molecule has 1 aliphatic rings. The molecule has 0 saturated carbocycles. The molecule has 2 nitrogen and oxygen atoms in total. The molecule has 0 spiro atoms. The van der Waals surface area contributed by atoms with E-state index in [2.05, 4.69) is 0 Å². The number of halogens is 1. The second kappa shape index (κ2) is 6.38. The van der Waals surface area contributed by atoms with Crippen LogP contribution in [0.2, 0.25) is 0 Å². The van der Waals surface area contributed by atoms with Crippen LogP contribution >= 0.6 is 11.8 Å². The topological polar surface area (TPSA) is 35.2 Å². The molecule has 1 aliphatic heterocycles. The van der Waals surface area contributed by atoms with Crippen molar-refractivity contribution in [2.24, 2.45) is 5.73 Å². The van der Waals surface area contributed by atoms with Crippen molar-refractivity contribution in [3.05, 3.63) is 35.1 Å². The molecule has 0 atom stereocenters. The Morgan fingerprint density at radius 3 is 2.71 bits per heavy atom. The highest BCUT2D eigenvalue weighted by Gasteiger charge is 2.15. The molecule has 1 aromatic carbocycles. The smallest absolute Gasteiger partial charge is 0.131 e. The van der Waals surface area contributed by atoms with Crippen LogP contribution in [0, 0.1) is 5.82 Å². The summed E-state index contributed by atoms with van der Waals surface area (Å²) in [4.78, 5) is 0. The molecule has 2 N–H and O–H groups in total. The standard InChI is InChI=1S/C13H18FNOS/c14-13-10(8-15)2-1-3-11(13)9-17-12-4-6-16-7-5-12/h1-3,12H,4-9,15H2. The Balaban J connectivity index is 1.93. The molecule has 0 bridgehead atoms. The average Bonchev–Trinajstić information content (AvgIpc) is 2.39. The summed E-state index contributed by atoms with van der Waals surface area (Å²) in [5.74, 6) is 0.596. The predicted octanol–water partition coefficient (Wildman–Crippen LogP) is 2.70. The highest BCUT2D eigenvalue weighted by atomic mass is 32.2. The monoisotopic (exact) mass is 255 g/mol. The van der Waals surface area contributed by atoms with E-state index in [1.165, 1.54) is 0 Å². The van der Waals surface area contributed by atoms with Crippen LogP contribution in [0.3, 0.4) is 0 Å². The molecular weight excluding hydrogens is 237 g/mol. The summed E-state index contributed by atoms with van der Waals surface area (Å²) in [6.45, 7) is 1.94. The number of benzene rings is 1. The van der Waals surface area contributed by atoms with Crippen molar-refractivity contribution in [1.29, 1.82) is 0 Å². The van der Waals surface area contributed by atoms with Crippen LogP contribution in [0.4, 0.5) is 4.39 Å². The van der Waals surface area contributed by atoms with E-state index in [-0.39, 0.29) is 12.4 Å². The fourth-order valence-corrected chi connectivity index (χ4v) is 3.12. The normalized spacial score (nSPS) is 17.3. The third-order valence-corrected chi connectivity index (χ3v) is 4.44. The van der Waals surface area contributed by atoms with Crippen molar-refractivity contribution < 1.29 is 9.13 Å². The quantitative estimate of drug-likeness (QED) is 0.898. The molecule has 2 rings (SSSR count). The van der Waals surface area contributed by atoms with Crippen LogP contribution < -0.4 is 5.73 Å². The third-order valence-electron chi connectivity index (χ3n) is 3.02. The molecule has 0 aliphatic carbocycles. The lowest BCUT2D eigenvalue weighted by Gasteiger charge is -2.21. The Morgan fingerprint density at radius 2 is 2.00 bits per heavy atom. The third kappa shape index (κ3) is 3.44. The van der Waals surface area contributed by atoms with Gasteiger partial charge in [-0.05, 0) is 18.4 Å². The van der Waals surface area contributed by atoms with E-state index in [1.807, 2.05) is 23.9 Å². The van der Waals surface area contributed by atoms with Crippen molar-refractivity contribution in [3.8, 4) is 0 Å². The largest absolute Gasteiger partial charge is 0.381 e. The summed E-state index contributed by atoms with van der Waals surface area (Å²) in [6, 6.07) is 5.48. The second-order valence-electron chi connectivity index (χ2n) is 4.22. The van der Waals surface area contributed by atoms with Crippen molar-refractivity contribution >= 4 is 11.8 Å². The van der Waals surface area contributed by atoms with Gasteiger partial charge in [0.15, 0.2) is 0 Å². The molecule has 1 saturated heterocycles. The van der Waals surface area contributed by atoms with Gasteiger partial charge in [0, 0.05) is 36.3 Å². The van der Waals surface area contributed by atoms with Crippen molar-refractivity contribution in [3.63, 3.8) is 0 Å². The van der Waals surface area contributed by atoms with Gasteiger partial charge in [0.25, 0.3) is 0 Å². The highest BCUT2D eigenvalue weighted by Crippen LogP contribution is 2.27. The van der Waals surface area contributed by atoms with E-state index in [0.29, 0.717) is 10.8 Å². The van der Waals surface area contributed by atoms with Crippen molar-refractivity contribution in [2.45, 2.75) is 30.4 Å². The van der Waals surface area contributed by atoms with E-state index in [9.17, 15) is 4.39 Å². The summed E-state index contributed by atoms with van der Waals surface area (Å²) >= 11 is 1.82. The Morgan fingerprint density at radius 1 is 1.29 bits per heavy atom. The minimum atomic E-state index is -0.130. The number of thioether (sulfide) groups is 1. The summed E-state index contributed by atoms with van der Waals surface area (Å²) in [7, 11) is 0. The SMILES string of the molecule is NCc1cccc(CSC2CCOCC2)c1F. The van der Waals surface area contributed by atoms with Gasteiger partial charge in [0.05, 0.1) is 0 Å². The molecule has 94 valence electrons. The van der Waals surface area contributed by atoms with E-state index in [0.717, 1.165) is 37.4 Å². The molecule has 0 amide bonds. The molecule has 0 unspecified atom stereocenters. The maximum Gasteiger partial charge on any atom is 0.131 e. The van der Waals surface area contributed by atoms with Crippen molar-refractivity contribution in [1.82, 2.24) is 0 Å². The van der Waals surface area contributed by atoms with E-state index in [1.54, 1.807) is 6.07 Å². The Labute approximate surface area is 106 Å². The first kappa shape index (κ1) is 12.9. The van der Waals surface area contributed by atoms with Crippen molar-refractivity contribution in [2.75, 3.05) is 13.2 Å². The number of nitrogens with two attached hydrogens (primary N) is 1. The fourth-order valence-electron chi connectivity index (χ4n) is 1.95. The van der Waals surface area contributed by atoms with E-state index < -0.39 is 0 Å². The van der Waals surface area contributed by atoms with Crippen LogP contribution in [0.25, 0.3) is 0 Å². The van der Waals surface area contributed by atoms with Gasteiger partial charge in [-0.15, -0.1) is 0 Å². The molecule has 0 radical (unpaired) electrons. The molecule has 4 heteroatoms. The molecule has 0 aromatic heterocycles. The first-order valence-electron chi connectivity index (χ1n) is 5.97. The molecule has 1 heterocycles. The van der Waals surface area contributed by atoms with Gasteiger partial charge in [0.1, 0.15) is 5.82 Å². The maximum atomic E-state index is 13.9. The predicted molar refractivity (Wildman–Crippen MR) is 69.4 cm³/mol. The lowest BCUT2D eigenvalue weighted by Crippen LogP contribution is -2.17. The Hall–Kier alpha value is -0.580. The highest BCUT2D eigenvalue weighted by molar-refractivity contribution is 7.99. The van der Waals surface area contributed by atoms with Crippen LogP contribution in [-0.4, -0.2) is 18.5 Å². The number of hydrogen-bond acceptors (Lipinski definition) is 3. The van der Waals surface area contributed by atoms with Crippen LogP contribution in [0.1, 0.15) is 24.0 Å². The van der Waals surface area contributed by atoms with Gasteiger partial charge < -0.3 is 10.5 Å². The minimum absolute atomic E-state index is 0.130. The maximum absolute atomic E-state index is 13.9. The minimum Gasteiger partial charge on any atom is -0.381 e. The van der Waals surface area contributed by atoms with Gasteiger partial charge in [-0.3, -0.25) is 0 Å². The van der Waals surface area contributed by atoms with Crippen LogP contribution in [0.5, 0.6) is 0 Å². The number of rotatable bonds is 4. The van der Waals surface area contributed by atoms with Gasteiger partial charge in [-0.25, -0.2) is 4.39 Å². The Bertz CT molecular complexity index is 366. The van der Waals surface area contributed by atoms with E-state index >= 15 is 0 Å². The van der Waals surface area contributed by atoms with Gasteiger partial charge in [-0.1, -0.05) is 18.2 Å². The summed E-state index contributed by atoms with van der Waals surface area (Å²) < 4.78 is 19.2. The van der Waals surface area contributed by atoms with E-state index in [4.69, 9.17) is 10.5 Å². The molecular formula is C13H18FNOS. The number of hydrogen-bond donors (Lipinski definition) is 1. The zero-order valence-electron chi connectivity index (χ0n) is 9.82. The second-order valence-corrected chi connectivity index (χ2v) is 5.51. The lowest BCUT2D eigenvalue weighted by molar-refractivity contribution is 0.1000. The fraction of sp³-hybridized carbons (Fsp3) is 0.538. The zero-order valence-corrected chi connectivity index (χ0v) is 10.6. The average molecular weight is 255 g/mol. The van der Waals surface area contributed by atoms with Crippen LogP contribution in [0.15, 0.2) is 18.2 Å². The first-order chi connectivity index (χ1) is 8.31. The molecule has 1 fully saturated rings. The first-order valence-corrected chi connectivity index (χ1v) is 7.02. The zero-order chi connectivity index (χ0) is 12.1. The van der Waals surface area contributed by atoms with Crippen LogP contribution in [-0.2, 0) is 17.0 Å². The molecule has 1 aromatic rings. The summed E-state index contributed by atoms with van der Waals surface area (Å²) in [5, 5.41) is 0.602. The summed E-state index contributed by atoms with van der Waals surface area (Å²) in [6.07, 6.45) is 2.14. The summed E-state index contributed by atoms with van der Waals surface area (Å²) in [5.41, 5.74) is 6.87. The van der Waals surface area contributed by atoms with Gasteiger partial charge >= 0.3 is 0 Å². The number of ether oxygens (including phenoxy) is 1. The van der Waals surface area contributed by atoms with Gasteiger partial charge in [-0.2, -0.15) is 11.8 Å². The Kier molecular flexibility index (Phi) is 4.83. The molecule has 17 heavy (non-hydrogen) atoms. The lowest BCUT2D eigenvalue weighted by atomic mass is 10.1. The van der Waals surface area contributed by atoms with Gasteiger partial charge in [0.2, 0.25) is 0 Å².